The predicted molar refractivity (Wildman–Crippen MR) is 69.1 cm³/mol. The number of rotatable bonds is 7. The van der Waals surface area contributed by atoms with Gasteiger partial charge in [-0.15, -0.1) is 0 Å². The van der Waals surface area contributed by atoms with E-state index >= 15 is 0 Å². The minimum absolute atomic E-state index is 1.07. The zero-order valence-corrected chi connectivity index (χ0v) is 10.9. The van der Waals surface area contributed by atoms with Crippen LogP contribution in [-0.4, -0.2) is 0 Å². The van der Waals surface area contributed by atoms with Gasteiger partial charge in [0.25, 0.3) is 0 Å². The minimum atomic E-state index is 1.07. The first-order chi connectivity index (χ1) is 7.38. The third-order valence-electron chi connectivity index (χ3n) is 4.17. The third-order valence-corrected chi connectivity index (χ3v) is 4.17. The lowest BCUT2D eigenvalue weighted by Gasteiger charge is -2.30. The SMILES string of the molecule is CCCCC(CCCC)C1CCCCC1. The summed E-state index contributed by atoms with van der Waals surface area (Å²) in [6.07, 6.45) is 16.3. The van der Waals surface area contributed by atoms with Crippen molar-refractivity contribution in [2.75, 3.05) is 0 Å². The summed E-state index contributed by atoms with van der Waals surface area (Å²) < 4.78 is 0. The van der Waals surface area contributed by atoms with Crippen molar-refractivity contribution in [1.29, 1.82) is 0 Å². The molecule has 1 aliphatic carbocycles. The van der Waals surface area contributed by atoms with Crippen molar-refractivity contribution in [1.82, 2.24) is 0 Å². The summed E-state index contributed by atoms with van der Waals surface area (Å²) in [6.45, 7) is 4.66. The molecule has 0 aliphatic heterocycles. The molecule has 0 amide bonds. The molecule has 0 heteroatoms. The van der Waals surface area contributed by atoms with E-state index in [4.69, 9.17) is 0 Å². The topological polar surface area (TPSA) is 0 Å². The largest absolute Gasteiger partial charge is 0.0654 e. The Bertz CT molecular complexity index is 125. The molecule has 0 heterocycles. The Balaban J connectivity index is 2.30. The average Bonchev–Trinajstić information content (AvgIpc) is 2.30. The normalized spacial score (nSPS) is 18.6. The van der Waals surface area contributed by atoms with Gasteiger partial charge in [-0.05, 0) is 11.8 Å². The Morgan fingerprint density at radius 3 is 1.87 bits per heavy atom. The lowest BCUT2D eigenvalue weighted by molar-refractivity contribution is 0.217. The molecule has 0 aromatic heterocycles. The highest BCUT2D eigenvalue weighted by Crippen LogP contribution is 2.35. The van der Waals surface area contributed by atoms with Crippen molar-refractivity contribution >= 4 is 0 Å². The monoisotopic (exact) mass is 210 g/mol. The average molecular weight is 210 g/mol. The summed E-state index contributed by atoms with van der Waals surface area (Å²) in [5, 5.41) is 0. The summed E-state index contributed by atoms with van der Waals surface area (Å²) in [4.78, 5) is 0. The van der Waals surface area contributed by atoms with Crippen LogP contribution >= 0.6 is 0 Å². The van der Waals surface area contributed by atoms with Crippen LogP contribution in [0.3, 0.4) is 0 Å². The summed E-state index contributed by atoms with van der Waals surface area (Å²) in [5.41, 5.74) is 0. The van der Waals surface area contributed by atoms with E-state index in [-0.39, 0.29) is 0 Å². The predicted octanol–water partition coefficient (Wildman–Crippen LogP) is 5.56. The second-order valence-electron chi connectivity index (χ2n) is 5.44. The molecule has 0 atom stereocenters. The van der Waals surface area contributed by atoms with Gasteiger partial charge in [0.1, 0.15) is 0 Å². The highest BCUT2D eigenvalue weighted by atomic mass is 14.3. The molecule has 0 aromatic carbocycles. The van der Waals surface area contributed by atoms with Crippen LogP contribution in [0.25, 0.3) is 0 Å². The molecule has 0 aromatic rings. The Morgan fingerprint density at radius 1 is 0.867 bits per heavy atom. The minimum Gasteiger partial charge on any atom is -0.0654 e. The van der Waals surface area contributed by atoms with Crippen LogP contribution in [0.5, 0.6) is 0 Å². The number of hydrogen-bond acceptors (Lipinski definition) is 0. The second kappa shape index (κ2) is 8.19. The lowest BCUT2D eigenvalue weighted by Crippen LogP contribution is -2.18. The Kier molecular flexibility index (Phi) is 7.13. The van der Waals surface area contributed by atoms with Gasteiger partial charge in [0.2, 0.25) is 0 Å². The van der Waals surface area contributed by atoms with E-state index in [2.05, 4.69) is 13.8 Å². The van der Waals surface area contributed by atoms with Crippen LogP contribution in [0, 0.1) is 11.8 Å². The van der Waals surface area contributed by atoms with E-state index in [0.29, 0.717) is 0 Å². The van der Waals surface area contributed by atoms with E-state index < -0.39 is 0 Å². The summed E-state index contributed by atoms with van der Waals surface area (Å²) in [7, 11) is 0. The van der Waals surface area contributed by atoms with E-state index in [1.165, 1.54) is 70.6 Å². The van der Waals surface area contributed by atoms with E-state index in [9.17, 15) is 0 Å². The molecular formula is C15H30. The zero-order valence-electron chi connectivity index (χ0n) is 10.9. The number of hydrogen-bond donors (Lipinski definition) is 0. The summed E-state index contributed by atoms with van der Waals surface area (Å²) in [5.74, 6) is 2.17. The lowest BCUT2D eigenvalue weighted by atomic mass is 9.76. The van der Waals surface area contributed by atoms with Crippen molar-refractivity contribution in [3.8, 4) is 0 Å². The van der Waals surface area contributed by atoms with Crippen LogP contribution < -0.4 is 0 Å². The van der Waals surface area contributed by atoms with Crippen molar-refractivity contribution in [3.05, 3.63) is 0 Å². The van der Waals surface area contributed by atoms with Crippen molar-refractivity contribution in [2.24, 2.45) is 11.8 Å². The molecule has 0 bridgehead atoms. The third kappa shape index (κ3) is 5.04. The molecule has 1 aliphatic rings. The summed E-state index contributed by atoms with van der Waals surface area (Å²) >= 11 is 0. The number of unbranched alkanes of at least 4 members (excludes halogenated alkanes) is 2. The molecule has 0 N–H and O–H groups in total. The van der Waals surface area contributed by atoms with Crippen LogP contribution in [0.1, 0.15) is 84.5 Å². The Labute approximate surface area is 96.8 Å². The fourth-order valence-electron chi connectivity index (χ4n) is 3.15. The van der Waals surface area contributed by atoms with Crippen LogP contribution in [0.4, 0.5) is 0 Å². The van der Waals surface area contributed by atoms with Gasteiger partial charge in [-0.1, -0.05) is 84.5 Å². The summed E-state index contributed by atoms with van der Waals surface area (Å²) in [6, 6.07) is 0. The van der Waals surface area contributed by atoms with Crippen molar-refractivity contribution in [3.63, 3.8) is 0 Å². The van der Waals surface area contributed by atoms with Gasteiger partial charge >= 0.3 is 0 Å². The van der Waals surface area contributed by atoms with Gasteiger partial charge < -0.3 is 0 Å². The zero-order chi connectivity index (χ0) is 10.9. The van der Waals surface area contributed by atoms with Crippen molar-refractivity contribution < 1.29 is 0 Å². The molecule has 1 saturated carbocycles. The van der Waals surface area contributed by atoms with Gasteiger partial charge in [0.05, 0.1) is 0 Å². The first-order valence-electron chi connectivity index (χ1n) is 7.38. The first-order valence-corrected chi connectivity index (χ1v) is 7.38. The van der Waals surface area contributed by atoms with Crippen LogP contribution in [-0.2, 0) is 0 Å². The Hall–Kier alpha value is 0. The standard InChI is InChI=1S/C15H30/c1-3-5-10-14(11-6-4-2)15-12-8-7-9-13-15/h14-15H,3-13H2,1-2H3. The molecule has 1 rings (SSSR count). The molecule has 90 valence electrons. The Morgan fingerprint density at radius 2 is 1.40 bits per heavy atom. The smallest absolute Gasteiger partial charge is 0.0386 e. The van der Waals surface area contributed by atoms with Gasteiger partial charge in [0, 0.05) is 0 Å². The van der Waals surface area contributed by atoms with Gasteiger partial charge in [-0.25, -0.2) is 0 Å². The second-order valence-corrected chi connectivity index (χ2v) is 5.44. The molecule has 0 radical (unpaired) electrons. The molecule has 0 saturated heterocycles. The quantitative estimate of drug-likeness (QED) is 0.516. The fourth-order valence-corrected chi connectivity index (χ4v) is 3.15. The van der Waals surface area contributed by atoms with E-state index in [0.717, 1.165) is 11.8 Å². The van der Waals surface area contributed by atoms with Gasteiger partial charge in [-0.3, -0.25) is 0 Å². The maximum absolute atomic E-state index is 2.33. The highest BCUT2D eigenvalue weighted by molar-refractivity contribution is 4.74. The molecular weight excluding hydrogens is 180 g/mol. The first kappa shape index (κ1) is 13.1. The van der Waals surface area contributed by atoms with Crippen LogP contribution in [0.2, 0.25) is 0 Å². The molecule has 0 spiro atoms. The maximum Gasteiger partial charge on any atom is -0.0386 e. The van der Waals surface area contributed by atoms with Crippen LogP contribution in [0.15, 0.2) is 0 Å². The van der Waals surface area contributed by atoms with Crippen molar-refractivity contribution in [2.45, 2.75) is 84.5 Å². The van der Waals surface area contributed by atoms with Gasteiger partial charge in [0.15, 0.2) is 0 Å². The molecule has 15 heavy (non-hydrogen) atoms. The van der Waals surface area contributed by atoms with E-state index in [1.807, 2.05) is 0 Å². The van der Waals surface area contributed by atoms with Gasteiger partial charge in [-0.2, -0.15) is 0 Å². The maximum atomic E-state index is 2.33. The van der Waals surface area contributed by atoms with E-state index in [1.54, 1.807) is 0 Å². The fraction of sp³-hybridized carbons (Fsp3) is 1.00. The highest BCUT2D eigenvalue weighted by Gasteiger charge is 2.22. The molecule has 0 nitrogen and oxygen atoms in total. The molecule has 0 unspecified atom stereocenters. The molecule has 1 fully saturated rings.